The van der Waals surface area contributed by atoms with E-state index in [4.69, 9.17) is 4.84 Å². The highest BCUT2D eigenvalue weighted by molar-refractivity contribution is 6.06. The van der Waals surface area contributed by atoms with E-state index in [0.717, 1.165) is 12.1 Å². The second-order valence-electron chi connectivity index (χ2n) is 5.37. The number of imidazole rings is 1. The van der Waals surface area contributed by atoms with Crippen LogP contribution in [0.15, 0.2) is 35.9 Å². The molecule has 126 valence electrons. The summed E-state index contributed by atoms with van der Waals surface area (Å²) in [5.74, 6) is 0.961. The smallest absolute Gasteiger partial charge is 0.276 e. The van der Waals surface area contributed by atoms with Crippen molar-refractivity contribution in [3.63, 3.8) is 0 Å². The molecule has 0 radical (unpaired) electrons. The predicted octanol–water partition coefficient (Wildman–Crippen LogP) is 1.50. The number of carbonyl (C=O) groups is 1. The summed E-state index contributed by atoms with van der Waals surface area (Å²) in [6, 6.07) is 3.66. The summed E-state index contributed by atoms with van der Waals surface area (Å²) in [5, 5.41) is 7.14. The first-order chi connectivity index (χ1) is 11.7. The maximum absolute atomic E-state index is 12.9. The molecule has 0 fully saturated rings. The zero-order valence-electron chi connectivity index (χ0n) is 13.9. The molecule has 24 heavy (non-hydrogen) atoms. The van der Waals surface area contributed by atoms with Gasteiger partial charge >= 0.3 is 0 Å². The van der Waals surface area contributed by atoms with Gasteiger partial charge in [-0.2, -0.15) is 0 Å². The minimum Gasteiger partial charge on any atom is -0.369 e. The van der Waals surface area contributed by atoms with Gasteiger partial charge in [0, 0.05) is 26.2 Å². The van der Waals surface area contributed by atoms with Crippen molar-refractivity contribution in [2.45, 2.75) is 26.5 Å². The standard InChI is InChI=1S/C16H20N6O2/c1-4-13-19-14(20-24-13)15-18-10-12(21(15)3)16(23)22(5-2)11-7-6-8-17-9-11/h6-10,13H,4-5H2,1-3H3,(H,19,20). The number of nitrogens with zero attached hydrogens (tertiary/aromatic N) is 5. The SMILES string of the molecule is CCC1NC(c2ncc(C(=O)N(CC)c3cccnc3)n2C)=NO1. The lowest BCUT2D eigenvalue weighted by atomic mass is 10.3. The van der Waals surface area contributed by atoms with Crippen LogP contribution in [-0.4, -0.2) is 39.1 Å². The number of aromatic nitrogens is 3. The number of rotatable bonds is 5. The topological polar surface area (TPSA) is 84.6 Å². The molecule has 0 spiro atoms. The Morgan fingerprint density at radius 2 is 2.25 bits per heavy atom. The monoisotopic (exact) mass is 328 g/mol. The Balaban J connectivity index is 1.86. The van der Waals surface area contributed by atoms with Gasteiger partial charge in [0.05, 0.1) is 18.1 Å². The second kappa shape index (κ2) is 6.69. The molecule has 1 amide bonds. The summed E-state index contributed by atoms with van der Waals surface area (Å²) in [6.07, 6.45) is 5.53. The Kier molecular flexibility index (Phi) is 4.45. The van der Waals surface area contributed by atoms with Crippen molar-refractivity contribution in [2.24, 2.45) is 12.2 Å². The van der Waals surface area contributed by atoms with E-state index in [1.165, 1.54) is 0 Å². The fourth-order valence-electron chi connectivity index (χ4n) is 2.53. The Morgan fingerprint density at radius 1 is 1.42 bits per heavy atom. The lowest BCUT2D eigenvalue weighted by Crippen LogP contribution is -2.33. The average Bonchev–Trinajstić information content (AvgIpc) is 3.22. The Morgan fingerprint density at radius 3 is 2.88 bits per heavy atom. The van der Waals surface area contributed by atoms with Gasteiger partial charge in [0.25, 0.3) is 5.91 Å². The zero-order valence-corrected chi connectivity index (χ0v) is 13.9. The molecule has 1 unspecified atom stereocenters. The molecular formula is C16H20N6O2. The lowest BCUT2D eigenvalue weighted by Gasteiger charge is -2.20. The first-order valence-electron chi connectivity index (χ1n) is 7.90. The summed E-state index contributed by atoms with van der Waals surface area (Å²) >= 11 is 0. The molecule has 1 N–H and O–H groups in total. The predicted molar refractivity (Wildman–Crippen MR) is 89.6 cm³/mol. The highest BCUT2D eigenvalue weighted by Crippen LogP contribution is 2.17. The van der Waals surface area contributed by atoms with Gasteiger partial charge in [-0.25, -0.2) is 4.98 Å². The number of hydrogen-bond donors (Lipinski definition) is 1. The quantitative estimate of drug-likeness (QED) is 0.899. The van der Waals surface area contributed by atoms with Crippen LogP contribution in [-0.2, 0) is 11.9 Å². The molecule has 8 nitrogen and oxygen atoms in total. The summed E-state index contributed by atoms with van der Waals surface area (Å²) in [6.45, 7) is 4.45. The Labute approximate surface area is 140 Å². The highest BCUT2D eigenvalue weighted by atomic mass is 16.7. The molecule has 1 atom stereocenters. The van der Waals surface area contributed by atoms with E-state index in [0.29, 0.717) is 23.9 Å². The van der Waals surface area contributed by atoms with E-state index in [2.05, 4.69) is 20.4 Å². The van der Waals surface area contributed by atoms with Crippen LogP contribution in [0.2, 0.25) is 0 Å². The van der Waals surface area contributed by atoms with Crippen LogP contribution in [0, 0.1) is 0 Å². The van der Waals surface area contributed by atoms with Gasteiger partial charge < -0.3 is 19.6 Å². The van der Waals surface area contributed by atoms with Crippen LogP contribution in [0.25, 0.3) is 0 Å². The van der Waals surface area contributed by atoms with Crippen LogP contribution < -0.4 is 10.2 Å². The average molecular weight is 328 g/mol. The molecule has 2 aromatic rings. The molecular weight excluding hydrogens is 308 g/mol. The molecule has 8 heteroatoms. The van der Waals surface area contributed by atoms with Gasteiger partial charge in [0.2, 0.25) is 5.84 Å². The maximum Gasteiger partial charge on any atom is 0.276 e. The molecule has 1 aliphatic rings. The van der Waals surface area contributed by atoms with E-state index in [1.54, 1.807) is 41.2 Å². The molecule has 0 aromatic carbocycles. The van der Waals surface area contributed by atoms with Crippen LogP contribution in [0.1, 0.15) is 36.6 Å². The van der Waals surface area contributed by atoms with Crippen LogP contribution in [0.3, 0.4) is 0 Å². The number of pyridine rings is 1. The van der Waals surface area contributed by atoms with Crippen LogP contribution in [0.4, 0.5) is 5.69 Å². The van der Waals surface area contributed by atoms with E-state index in [-0.39, 0.29) is 12.1 Å². The summed E-state index contributed by atoms with van der Waals surface area (Å²) in [4.78, 5) is 28.2. The first kappa shape index (κ1) is 16.0. The van der Waals surface area contributed by atoms with E-state index in [1.807, 2.05) is 19.9 Å². The maximum atomic E-state index is 12.9. The van der Waals surface area contributed by atoms with Crippen molar-refractivity contribution < 1.29 is 9.63 Å². The number of nitrogens with one attached hydrogen (secondary N) is 1. The number of amides is 1. The molecule has 2 aromatic heterocycles. The van der Waals surface area contributed by atoms with Gasteiger partial charge in [-0.15, -0.1) is 0 Å². The summed E-state index contributed by atoms with van der Waals surface area (Å²) < 4.78 is 1.72. The van der Waals surface area contributed by atoms with Crippen molar-refractivity contribution in [2.75, 3.05) is 11.4 Å². The highest BCUT2D eigenvalue weighted by Gasteiger charge is 2.26. The molecule has 0 saturated carbocycles. The lowest BCUT2D eigenvalue weighted by molar-refractivity contribution is 0.0704. The molecule has 0 aliphatic carbocycles. The number of carbonyl (C=O) groups excluding carboxylic acids is 1. The van der Waals surface area contributed by atoms with Crippen molar-refractivity contribution in [1.82, 2.24) is 19.9 Å². The number of hydrogen-bond acceptors (Lipinski definition) is 6. The van der Waals surface area contributed by atoms with Crippen molar-refractivity contribution in [1.29, 1.82) is 0 Å². The third-order valence-corrected chi connectivity index (χ3v) is 3.88. The molecule has 3 heterocycles. The number of anilines is 1. The third kappa shape index (κ3) is 2.82. The van der Waals surface area contributed by atoms with Crippen LogP contribution >= 0.6 is 0 Å². The first-order valence-corrected chi connectivity index (χ1v) is 7.90. The van der Waals surface area contributed by atoms with Gasteiger partial charge in [0.1, 0.15) is 5.69 Å². The number of amidine groups is 1. The fourth-order valence-corrected chi connectivity index (χ4v) is 2.53. The van der Waals surface area contributed by atoms with Crippen molar-refractivity contribution in [3.8, 4) is 0 Å². The Bertz CT molecular complexity index is 755. The largest absolute Gasteiger partial charge is 0.369 e. The minimum atomic E-state index is -0.154. The summed E-state index contributed by atoms with van der Waals surface area (Å²) in [7, 11) is 1.79. The number of oxime groups is 1. The van der Waals surface area contributed by atoms with E-state index >= 15 is 0 Å². The van der Waals surface area contributed by atoms with Gasteiger partial charge in [0.15, 0.2) is 12.1 Å². The summed E-state index contributed by atoms with van der Waals surface area (Å²) in [5.41, 5.74) is 1.22. The van der Waals surface area contributed by atoms with Crippen molar-refractivity contribution in [3.05, 3.63) is 42.2 Å². The molecule has 1 aliphatic heterocycles. The van der Waals surface area contributed by atoms with Gasteiger partial charge in [-0.05, 0) is 19.1 Å². The Hall–Kier alpha value is -2.90. The van der Waals surface area contributed by atoms with Gasteiger partial charge in [-0.1, -0.05) is 12.1 Å². The van der Waals surface area contributed by atoms with Crippen molar-refractivity contribution >= 4 is 17.4 Å². The van der Waals surface area contributed by atoms with E-state index in [9.17, 15) is 4.79 Å². The molecule has 0 saturated heterocycles. The van der Waals surface area contributed by atoms with E-state index < -0.39 is 0 Å². The third-order valence-electron chi connectivity index (χ3n) is 3.88. The molecule has 0 bridgehead atoms. The second-order valence-corrected chi connectivity index (χ2v) is 5.37. The fraction of sp³-hybridized carbons (Fsp3) is 0.375. The van der Waals surface area contributed by atoms with Crippen LogP contribution in [0.5, 0.6) is 0 Å². The van der Waals surface area contributed by atoms with Gasteiger partial charge in [-0.3, -0.25) is 9.78 Å². The molecule has 3 rings (SSSR count). The minimum absolute atomic E-state index is 0.140. The normalized spacial score (nSPS) is 16.3. The zero-order chi connectivity index (χ0) is 17.1.